The van der Waals surface area contributed by atoms with Crippen LogP contribution in [0, 0.1) is 6.92 Å². The smallest absolute Gasteiger partial charge is 0.0210 e. The van der Waals surface area contributed by atoms with Crippen LogP contribution in [0.15, 0.2) is 28.2 Å². The van der Waals surface area contributed by atoms with E-state index >= 15 is 0 Å². The van der Waals surface area contributed by atoms with Crippen molar-refractivity contribution >= 4 is 22.0 Å². The van der Waals surface area contributed by atoms with Crippen LogP contribution in [0.1, 0.15) is 37.3 Å². The minimum absolute atomic E-state index is 0.787. The number of hydrogen-bond donors (Lipinski definition) is 1. The van der Waals surface area contributed by atoms with Gasteiger partial charge in [-0.15, -0.1) is 0 Å². The van der Waals surface area contributed by atoms with Crippen LogP contribution in [0.5, 0.6) is 0 Å². The summed E-state index contributed by atoms with van der Waals surface area (Å²) in [5, 5.41) is 3.57. The van der Waals surface area contributed by atoms with E-state index in [0.717, 1.165) is 19.0 Å². The Labute approximate surface area is 112 Å². The van der Waals surface area contributed by atoms with Gasteiger partial charge in [-0.3, -0.25) is 0 Å². The molecule has 0 heterocycles. The molecule has 2 rings (SSSR count). The first-order chi connectivity index (χ1) is 8.19. The van der Waals surface area contributed by atoms with Gasteiger partial charge in [0.2, 0.25) is 0 Å². The van der Waals surface area contributed by atoms with Gasteiger partial charge in [-0.05, 0) is 43.4 Å². The molecule has 0 spiro atoms. The number of rotatable bonds is 5. The predicted octanol–water partition coefficient (Wildman–Crippen LogP) is 4.30. The van der Waals surface area contributed by atoms with Gasteiger partial charge in [0.1, 0.15) is 0 Å². The van der Waals surface area contributed by atoms with Crippen molar-refractivity contribution in [2.45, 2.75) is 39.2 Å². The highest BCUT2D eigenvalue weighted by Crippen LogP contribution is 2.21. The molecule has 0 radical (unpaired) electrons. The molecule has 1 fully saturated rings. The van der Waals surface area contributed by atoms with Crippen molar-refractivity contribution in [2.75, 3.05) is 6.54 Å². The van der Waals surface area contributed by atoms with Gasteiger partial charge in [-0.2, -0.15) is 0 Å². The normalized spacial score (nSPS) is 16.3. The largest absolute Gasteiger partial charge is 0.310 e. The van der Waals surface area contributed by atoms with Gasteiger partial charge < -0.3 is 5.32 Å². The Hall–Kier alpha value is -0.600. The first kappa shape index (κ1) is 12.8. The molecule has 92 valence electrons. The summed E-state index contributed by atoms with van der Waals surface area (Å²) < 4.78 is 1.19. The van der Waals surface area contributed by atoms with Gasteiger partial charge in [0.05, 0.1) is 0 Å². The van der Waals surface area contributed by atoms with E-state index in [1.165, 1.54) is 34.0 Å². The molecule has 1 aliphatic carbocycles. The highest BCUT2D eigenvalue weighted by Gasteiger charge is 2.19. The summed E-state index contributed by atoms with van der Waals surface area (Å²) in [6.07, 6.45) is 6.13. The molecule has 0 unspecified atom stereocenters. The van der Waals surface area contributed by atoms with E-state index in [9.17, 15) is 0 Å². The zero-order chi connectivity index (χ0) is 12.3. The lowest BCUT2D eigenvalue weighted by molar-refractivity contribution is 0.723. The summed E-state index contributed by atoms with van der Waals surface area (Å²) in [5.41, 5.74) is 4.06. The van der Waals surface area contributed by atoms with Crippen molar-refractivity contribution < 1.29 is 0 Å². The molecule has 1 N–H and O–H groups in total. The summed E-state index contributed by atoms with van der Waals surface area (Å²) in [5.74, 6) is 0. The van der Waals surface area contributed by atoms with Crippen molar-refractivity contribution in [3.8, 4) is 0 Å². The molecular weight excluding hydrogens is 274 g/mol. The molecule has 1 nitrogen and oxygen atoms in total. The van der Waals surface area contributed by atoms with E-state index in [-0.39, 0.29) is 0 Å². The molecule has 0 amide bonds. The van der Waals surface area contributed by atoms with Crippen LogP contribution < -0.4 is 5.32 Å². The van der Waals surface area contributed by atoms with Gasteiger partial charge in [-0.1, -0.05) is 46.6 Å². The van der Waals surface area contributed by atoms with Crippen LogP contribution in [0.25, 0.3) is 6.08 Å². The number of hydrogen-bond acceptors (Lipinski definition) is 1. The third kappa shape index (κ3) is 3.97. The Kier molecular flexibility index (Phi) is 4.41. The maximum Gasteiger partial charge on any atom is 0.0210 e. The molecule has 1 aromatic rings. The van der Waals surface area contributed by atoms with Crippen molar-refractivity contribution in [3.63, 3.8) is 0 Å². The van der Waals surface area contributed by atoms with E-state index in [0.29, 0.717) is 0 Å². The van der Waals surface area contributed by atoms with Crippen LogP contribution in [0.2, 0.25) is 0 Å². The molecule has 0 atom stereocenters. The van der Waals surface area contributed by atoms with Gasteiger partial charge in [0.25, 0.3) is 0 Å². The standard InChI is InChI=1S/C15H20BrN/c1-3-12(10-17-14-6-7-14)8-13-5-4-11(2)15(16)9-13/h4-5,8-9,14,17H,3,6-7,10H2,1-2H3/b12-8-. The molecule has 1 saturated carbocycles. The van der Waals surface area contributed by atoms with Crippen LogP contribution >= 0.6 is 15.9 Å². The molecule has 1 aromatic carbocycles. The zero-order valence-corrected chi connectivity index (χ0v) is 12.2. The second kappa shape index (κ2) is 5.83. The number of aryl methyl sites for hydroxylation is 1. The van der Waals surface area contributed by atoms with Crippen molar-refractivity contribution in [2.24, 2.45) is 0 Å². The van der Waals surface area contributed by atoms with Crippen LogP contribution in [0.3, 0.4) is 0 Å². The van der Waals surface area contributed by atoms with Crippen LogP contribution in [-0.2, 0) is 0 Å². The second-order valence-corrected chi connectivity index (χ2v) is 5.67. The van der Waals surface area contributed by atoms with Gasteiger partial charge in [0, 0.05) is 17.1 Å². The monoisotopic (exact) mass is 293 g/mol. The van der Waals surface area contributed by atoms with E-state index in [4.69, 9.17) is 0 Å². The van der Waals surface area contributed by atoms with Crippen LogP contribution in [0.4, 0.5) is 0 Å². The first-order valence-corrected chi connectivity index (χ1v) is 7.17. The Balaban J connectivity index is 2.04. The SMILES string of the molecule is CC/C(=C/c1ccc(C)c(Br)c1)CNC1CC1. The summed E-state index contributed by atoms with van der Waals surface area (Å²) in [7, 11) is 0. The maximum atomic E-state index is 3.59. The lowest BCUT2D eigenvalue weighted by atomic mass is 10.1. The molecule has 0 aromatic heterocycles. The van der Waals surface area contributed by atoms with Crippen LogP contribution in [-0.4, -0.2) is 12.6 Å². The molecule has 0 bridgehead atoms. The fourth-order valence-corrected chi connectivity index (χ4v) is 2.17. The lowest BCUT2D eigenvalue weighted by Gasteiger charge is -2.07. The fourth-order valence-electron chi connectivity index (χ4n) is 1.78. The Morgan fingerprint density at radius 2 is 2.24 bits per heavy atom. The van der Waals surface area contributed by atoms with E-state index in [2.05, 4.69) is 59.4 Å². The molecule has 0 saturated heterocycles. The van der Waals surface area contributed by atoms with Gasteiger partial charge in [-0.25, -0.2) is 0 Å². The summed E-state index contributed by atoms with van der Waals surface area (Å²) in [6.45, 7) is 5.38. The topological polar surface area (TPSA) is 12.0 Å². The highest BCUT2D eigenvalue weighted by atomic mass is 79.9. The quantitative estimate of drug-likeness (QED) is 0.853. The molecule has 0 aliphatic heterocycles. The zero-order valence-electron chi connectivity index (χ0n) is 10.6. The number of nitrogens with one attached hydrogen (secondary N) is 1. The predicted molar refractivity (Wildman–Crippen MR) is 78.2 cm³/mol. The Bertz CT molecular complexity index is 419. The second-order valence-electron chi connectivity index (χ2n) is 4.82. The third-order valence-corrected chi connectivity index (χ3v) is 4.07. The van der Waals surface area contributed by atoms with Crippen molar-refractivity contribution in [1.82, 2.24) is 5.32 Å². The highest BCUT2D eigenvalue weighted by molar-refractivity contribution is 9.10. The minimum Gasteiger partial charge on any atom is -0.310 e. The fraction of sp³-hybridized carbons (Fsp3) is 0.467. The van der Waals surface area contributed by atoms with E-state index in [1.54, 1.807) is 0 Å². The van der Waals surface area contributed by atoms with Crippen molar-refractivity contribution in [1.29, 1.82) is 0 Å². The Morgan fingerprint density at radius 3 is 2.82 bits per heavy atom. The van der Waals surface area contributed by atoms with Crippen molar-refractivity contribution in [3.05, 3.63) is 39.4 Å². The van der Waals surface area contributed by atoms with E-state index < -0.39 is 0 Å². The Morgan fingerprint density at radius 1 is 1.47 bits per heavy atom. The average molecular weight is 294 g/mol. The van der Waals surface area contributed by atoms with Gasteiger partial charge >= 0.3 is 0 Å². The maximum absolute atomic E-state index is 3.59. The molecule has 1 aliphatic rings. The summed E-state index contributed by atoms with van der Waals surface area (Å²) in [6, 6.07) is 7.33. The average Bonchev–Trinajstić information content (AvgIpc) is 3.13. The summed E-state index contributed by atoms with van der Waals surface area (Å²) in [4.78, 5) is 0. The van der Waals surface area contributed by atoms with E-state index in [1.807, 2.05) is 0 Å². The summed E-state index contributed by atoms with van der Waals surface area (Å²) >= 11 is 3.59. The molecular formula is C15H20BrN. The minimum atomic E-state index is 0.787. The lowest BCUT2D eigenvalue weighted by Crippen LogP contribution is -2.18. The molecule has 2 heteroatoms. The van der Waals surface area contributed by atoms with Gasteiger partial charge in [0.15, 0.2) is 0 Å². The molecule has 17 heavy (non-hydrogen) atoms. The number of benzene rings is 1. The number of halogens is 1. The third-order valence-electron chi connectivity index (χ3n) is 3.22. The first-order valence-electron chi connectivity index (χ1n) is 6.38.